The van der Waals surface area contributed by atoms with Gasteiger partial charge in [0.15, 0.2) is 0 Å². The molecule has 96 valence electrons. The highest BCUT2D eigenvalue weighted by atomic mass is 35.5. The number of hydrogen-bond acceptors (Lipinski definition) is 6. The number of aromatic nitrogens is 3. The molecule has 0 saturated carbocycles. The summed E-state index contributed by atoms with van der Waals surface area (Å²) in [6.07, 6.45) is 0. The van der Waals surface area contributed by atoms with Crippen molar-refractivity contribution in [3.8, 4) is 0 Å². The zero-order valence-corrected chi connectivity index (χ0v) is 11.1. The Labute approximate surface area is 106 Å². The van der Waals surface area contributed by atoms with Crippen molar-refractivity contribution in [3.63, 3.8) is 0 Å². The van der Waals surface area contributed by atoms with E-state index in [1.165, 1.54) is 0 Å². The van der Waals surface area contributed by atoms with E-state index in [-0.39, 0.29) is 11.2 Å². The predicted molar refractivity (Wildman–Crippen MR) is 68.2 cm³/mol. The quantitative estimate of drug-likeness (QED) is 0.828. The van der Waals surface area contributed by atoms with Crippen LogP contribution in [0.5, 0.6) is 0 Å². The van der Waals surface area contributed by atoms with Crippen molar-refractivity contribution in [2.75, 3.05) is 37.4 Å². The number of hydrogen-bond donors (Lipinski definition) is 1. The highest BCUT2D eigenvalue weighted by Gasteiger charge is 2.13. The topological polar surface area (TPSA) is 77.2 Å². The summed E-state index contributed by atoms with van der Waals surface area (Å²) in [4.78, 5) is 13.9. The van der Waals surface area contributed by atoms with Gasteiger partial charge in [0.05, 0.1) is 6.61 Å². The van der Waals surface area contributed by atoms with E-state index in [0.717, 1.165) is 6.54 Å². The molecular weight excluding hydrogens is 242 g/mol. The van der Waals surface area contributed by atoms with Crippen molar-refractivity contribution in [1.29, 1.82) is 0 Å². The lowest BCUT2D eigenvalue weighted by molar-refractivity contribution is 0.204. The molecule has 7 heteroatoms. The summed E-state index contributed by atoms with van der Waals surface area (Å²) < 4.78 is 5.06. The van der Waals surface area contributed by atoms with Gasteiger partial charge in [0.1, 0.15) is 0 Å². The van der Waals surface area contributed by atoms with E-state index in [1.807, 2.05) is 4.90 Å². The molecule has 17 heavy (non-hydrogen) atoms. The average molecular weight is 260 g/mol. The predicted octanol–water partition coefficient (Wildman–Crippen LogP) is 1.22. The van der Waals surface area contributed by atoms with Gasteiger partial charge < -0.3 is 15.4 Å². The second-order valence-electron chi connectivity index (χ2n) is 4.10. The standard InChI is InChI=1S/C10H18ClN5O/c1-7(2)6-16(4-5-17-3)10-14-8(11)13-9(12)15-10/h7H,4-6H2,1-3H3,(H2,12,13,14,15). The van der Waals surface area contributed by atoms with Crippen molar-refractivity contribution in [1.82, 2.24) is 15.0 Å². The van der Waals surface area contributed by atoms with Crippen LogP contribution in [0.4, 0.5) is 11.9 Å². The summed E-state index contributed by atoms with van der Waals surface area (Å²) in [5, 5.41) is 0.110. The fourth-order valence-electron chi connectivity index (χ4n) is 1.41. The van der Waals surface area contributed by atoms with Crippen LogP contribution in [0.3, 0.4) is 0 Å². The molecule has 0 saturated heterocycles. The minimum absolute atomic E-state index is 0.110. The fraction of sp³-hybridized carbons (Fsp3) is 0.700. The molecule has 0 unspecified atom stereocenters. The number of methoxy groups -OCH3 is 1. The van der Waals surface area contributed by atoms with Crippen LogP contribution in [0.2, 0.25) is 5.28 Å². The van der Waals surface area contributed by atoms with E-state index in [4.69, 9.17) is 22.1 Å². The summed E-state index contributed by atoms with van der Waals surface area (Å²) >= 11 is 5.76. The first-order chi connectivity index (χ1) is 8.02. The van der Waals surface area contributed by atoms with E-state index in [0.29, 0.717) is 25.0 Å². The zero-order valence-electron chi connectivity index (χ0n) is 10.4. The Kier molecular flexibility index (Phi) is 5.37. The maximum absolute atomic E-state index is 5.76. The van der Waals surface area contributed by atoms with Gasteiger partial charge in [-0.25, -0.2) is 0 Å². The Morgan fingerprint density at radius 3 is 2.59 bits per heavy atom. The third kappa shape index (κ3) is 4.70. The third-order valence-electron chi connectivity index (χ3n) is 2.05. The second kappa shape index (κ2) is 6.56. The normalized spacial score (nSPS) is 10.9. The van der Waals surface area contributed by atoms with Crippen LogP contribution < -0.4 is 10.6 Å². The van der Waals surface area contributed by atoms with Crippen molar-refractivity contribution in [2.45, 2.75) is 13.8 Å². The Balaban J connectivity index is 2.86. The molecule has 0 atom stereocenters. The number of nitrogens with two attached hydrogens (primary N) is 1. The van der Waals surface area contributed by atoms with Gasteiger partial charge in [-0.1, -0.05) is 13.8 Å². The number of rotatable bonds is 6. The van der Waals surface area contributed by atoms with Gasteiger partial charge in [0.25, 0.3) is 0 Å². The fourth-order valence-corrected chi connectivity index (χ4v) is 1.57. The second-order valence-corrected chi connectivity index (χ2v) is 4.43. The number of anilines is 2. The van der Waals surface area contributed by atoms with Crippen LogP contribution in [-0.2, 0) is 4.74 Å². The number of nitrogens with zero attached hydrogens (tertiary/aromatic N) is 4. The van der Waals surface area contributed by atoms with Gasteiger partial charge in [0.2, 0.25) is 17.2 Å². The van der Waals surface area contributed by atoms with Gasteiger partial charge in [-0.3, -0.25) is 0 Å². The van der Waals surface area contributed by atoms with Gasteiger partial charge in [-0.2, -0.15) is 15.0 Å². The van der Waals surface area contributed by atoms with E-state index in [9.17, 15) is 0 Å². The maximum atomic E-state index is 5.76. The van der Waals surface area contributed by atoms with Crippen LogP contribution in [-0.4, -0.2) is 41.8 Å². The van der Waals surface area contributed by atoms with Crippen LogP contribution in [0.25, 0.3) is 0 Å². The summed E-state index contributed by atoms with van der Waals surface area (Å²) in [5.41, 5.74) is 5.55. The highest BCUT2D eigenvalue weighted by molar-refractivity contribution is 6.28. The van der Waals surface area contributed by atoms with Crippen molar-refractivity contribution < 1.29 is 4.74 Å². The molecule has 1 rings (SSSR count). The van der Waals surface area contributed by atoms with Gasteiger partial charge in [0, 0.05) is 20.2 Å². The van der Waals surface area contributed by atoms with E-state index < -0.39 is 0 Å². The Morgan fingerprint density at radius 2 is 2.06 bits per heavy atom. The first kappa shape index (κ1) is 13.9. The molecule has 0 amide bonds. The maximum Gasteiger partial charge on any atom is 0.231 e. The molecule has 6 nitrogen and oxygen atoms in total. The summed E-state index contributed by atoms with van der Waals surface area (Å²) in [7, 11) is 1.66. The number of ether oxygens (including phenoxy) is 1. The van der Waals surface area contributed by atoms with Crippen LogP contribution >= 0.6 is 11.6 Å². The first-order valence-electron chi connectivity index (χ1n) is 5.44. The molecule has 0 aromatic carbocycles. The molecule has 0 aliphatic heterocycles. The first-order valence-corrected chi connectivity index (χ1v) is 5.81. The molecule has 0 spiro atoms. The lowest BCUT2D eigenvalue weighted by Crippen LogP contribution is -2.32. The Morgan fingerprint density at radius 1 is 1.35 bits per heavy atom. The Hall–Kier alpha value is -1.14. The smallest absolute Gasteiger partial charge is 0.231 e. The molecule has 0 radical (unpaired) electrons. The van der Waals surface area contributed by atoms with Gasteiger partial charge >= 0.3 is 0 Å². The SMILES string of the molecule is COCCN(CC(C)C)c1nc(N)nc(Cl)n1. The lowest BCUT2D eigenvalue weighted by atomic mass is 10.2. The van der Waals surface area contributed by atoms with Gasteiger partial charge in [-0.05, 0) is 17.5 Å². The van der Waals surface area contributed by atoms with Crippen LogP contribution in [0, 0.1) is 5.92 Å². The molecular formula is C10H18ClN5O. The molecule has 2 N–H and O–H groups in total. The van der Waals surface area contributed by atoms with Crippen molar-refractivity contribution in [2.24, 2.45) is 5.92 Å². The molecule has 0 fully saturated rings. The summed E-state index contributed by atoms with van der Waals surface area (Å²) in [5.74, 6) is 1.10. The van der Waals surface area contributed by atoms with E-state index >= 15 is 0 Å². The summed E-state index contributed by atoms with van der Waals surface area (Å²) in [6.45, 7) is 6.32. The van der Waals surface area contributed by atoms with Crippen molar-refractivity contribution in [3.05, 3.63) is 5.28 Å². The van der Waals surface area contributed by atoms with Crippen LogP contribution in [0.15, 0.2) is 0 Å². The molecule has 0 bridgehead atoms. The van der Waals surface area contributed by atoms with E-state index in [1.54, 1.807) is 7.11 Å². The van der Waals surface area contributed by atoms with Gasteiger partial charge in [-0.15, -0.1) is 0 Å². The molecule has 0 aliphatic rings. The minimum Gasteiger partial charge on any atom is -0.383 e. The highest BCUT2D eigenvalue weighted by Crippen LogP contribution is 2.13. The molecule has 1 aromatic heterocycles. The summed E-state index contributed by atoms with van der Waals surface area (Å²) in [6, 6.07) is 0. The largest absolute Gasteiger partial charge is 0.383 e. The minimum atomic E-state index is 0.110. The average Bonchev–Trinajstić information content (AvgIpc) is 2.22. The molecule has 0 aliphatic carbocycles. The Bertz CT molecular complexity index is 340. The lowest BCUT2D eigenvalue weighted by Gasteiger charge is -2.24. The van der Waals surface area contributed by atoms with E-state index in [2.05, 4.69) is 28.8 Å². The van der Waals surface area contributed by atoms with Crippen molar-refractivity contribution >= 4 is 23.5 Å². The zero-order chi connectivity index (χ0) is 12.8. The number of nitrogen functional groups attached to an aromatic ring is 1. The number of halogens is 1. The monoisotopic (exact) mass is 259 g/mol. The molecule has 1 aromatic rings. The third-order valence-corrected chi connectivity index (χ3v) is 2.22. The molecule has 1 heterocycles. The van der Waals surface area contributed by atoms with Crippen LogP contribution in [0.1, 0.15) is 13.8 Å².